The average Bonchev–Trinajstić information content (AvgIpc) is 2.25. The summed E-state index contributed by atoms with van der Waals surface area (Å²) in [4.78, 5) is 6.38. The first-order chi connectivity index (χ1) is 7.66. The molecule has 0 bridgehead atoms. The molecule has 0 unspecified atom stereocenters. The van der Waals surface area contributed by atoms with Crippen LogP contribution in [0.1, 0.15) is 0 Å². The van der Waals surface area contributed by atoms with Gasteiger partial charge in [0, 0.05) is 6.07 Å². The number of benzene rings is 1. The summed E-state index contributed by atoms with van der Waals surface area (Å²) in [5.74, 6) is -3.74. The third-order valence-electron chi connectivity index (χ3n) is 1.73. The zero-order valence-corrected chi connectivity index (χ0v) is 7.82. The van der Waals surface area contributed by atoms with E-state index in [2.05, 4.69) is 9.97 Å². The number of hydrogen-bond acceptors (Lipinski definition) is 3. The Balaban J connectivity index is 2.31. The number of rotatable bonds is 2. The molecule has 2 aromatic rings. The van der Waals surface area contributed by atoms with Crippen molar-refractivity contribution in [3.05, 3.63) is 48.2 Å². The number of nitrogens with zero attached hydrogens (tertiary/aromatic N) is 2. The van der Waals surface area contributed by atoms with Gasteiger partial charge in [0.1, 0.15) is 17.9 Å². The Labute approximate surface area is 88.5 Å². The van der Waals surface area contributed by atoms with Crippen LogP contribution in [0.15, 0.2) is 30.6 Å². The van der Waals surface area contributed by atoms with Gasteiger partial charge >= 0.3 is 0 Å². The van der Waals surface area contributed by atoms with Crippen molar-refractivity contribution < 1.29 is 17.9 Å². The van der Waals surface area contributed by atoms with Crippen LogP contribution in [0.25, 0.3) is 0 Å². The van der Waals surface area contributed by atoms with Crippen LogP contribution in [0.3, 0.4) is 0 Å². The maximum Gasteiger partial charge on any atom is 0.262 e. The van der Waals surface area contributed by atoms with E-state index in [-0.39, 0.29) is 5.75 Å². The summed E-state index contributed by atoms with van der Waals surface area (Å²) in [6, 6.07) is 4.99. The molecule has 0 aliphatic carbocycles. The van der Waals surface area contributed by atoms with E-state index in [4.69, 9.17) is 4.74 Å². The Hall–Kier alpha value is -2.11. The van der Waals surface area contributed by atoms with Crippen LogP contribution in [0, 0.1) is 17.6 Å². The number of aromatic nitrogens is 2. The van der Waals surface area contributed by atoms with Crippen LogP contribution in [0.5, 0.6) is 11.6 Å². The highest BCUT2D eigenvalue weighted by Crippen LogP contribution is 2.22. The molecular formula is C10H5F3N2O. The van der Waals surface area contributed by atoms with Gasteiger partial charge in [0.2, 0.25) is 5.82 Å². The fourth-order valence-corrected chi connectivity index (χ4v) is 1.05. The molecule has 0 atom stereocenters. The molecular weight excluding hydrogens is 221 g/mol. The minimum atomic E-state index is -1.32. The lowest BCUT2D eigenvalue weighted by Crippen LogP contribution is -1.97. The summed E-state index contributed by atoms with van der Waals surface area (Å²) in [6.45, 7) is 0. The van der Waals surface area contributed by atoms with Crippen molar-refractivity contribution in [1.82, 2.24) is 9.97 Å². The summed E-state index contributed by atoms with van der Waals surface area (Å²) >= 11 is 0. The maximum atomic E-state index is 13.1. The minimum Gasteiger partial charge on any atom is -0.436 e. The summed E-state index contributed by atoms with van der Waals surface area (Å²) < 4.78 is 43.4. The first kappa shape index (κ1) is 10.4. The minimum absolute atomic E-state index is 0.0250. The first-order valence-corrected chi connectivity index (χ1v) is 4.26. The van der Waals surface area contributed by atoms with E-state index < -0.39 is 23.5 Å². The number of hydrogen-bond donors (Lipinski definition) is 0. The molecule has 2 rings (SSSR count). The fraction of sp³-hybridized carbons (Fsp3) is 0. The largest absolute Gasteiger partial charge is 0.436 e. The third kappa shape index (κ3) is 2.10. The summed E-state index contributed by atoms with van der Waals surface area (Å²) in [7, 11) is 0. The molecule has 3 nitrogen and oxygen atoms in total. The monoisotopic (exact) mass is 226 g/mol. The van der Waals surface area contributed by atoms with E-state index >= 15 is 0 Å². The van der Waals surface area contributed by atoms with E-state index in [0.717, 1.165) is 12.4 Å². The van der Waals surface area contributed by atoms with Gasteiger partial charge in [0.05, 0.1) is 0 Å². The lowest BCUT2D eigenvalue weighted by atomic mass is 10.3. The van der Waals surface area contributed by atoms with Gasteiger partial charge in [0.15, 0.2) is 0 Å². The van der Waals surface area contributed by atoms with Gasteiger partial charge in [-0.05, 0) is 12.1 Å². The SMILES string of the molecule is Fc1cccc(Oc2ncnc(F)c2F)c1. The van der Waals surface area contributed by atoms with Crippen molar-refractivity contribution in [2.45, 2.75) is 0 Å². The molecule has 0 saturated heterocycles. The van der Waals surface area contributed by atoms with Gasteiger partial charge in [-0.1, -0.05) is 6.07 Å². The molecule has 0 aliphatic heterocycles. The summed E-state index contributed by atoms with van der Waals surface area (Å²) in [5.41, 5.74) is 0. The lowest BCUT2D eigenvalue weighted by Gasteiger charge is -2.04. The second-order valence-electron chi connectivity index (χ2n) is 2.84. The molecule has 0 fully saturated rings. The van der Waals surface area contributed by atoms with Crippen molar-refractivity contribution in [3.8, 4) is 11.6 Å². The lowest BCUT2D eigenvalue weighted by molar-refractivity contribution is 0.384. The average molecular weight is 226 g/mol. The standard InChI is InChI=1S/C10H5F3N2O/c11-6-2-1-3-7(4-6)16-10-8(12)9(13)14-5-15-10/h1-5H. The molecule has 82 valence electrons. The third-order valence-corrected chi connectivity index (χ3v) is 1.73. The smallest absolute Gasteiger partial charge is 0.262 e. The highest BCUT2D eigenvalue weighted by Gasteiger charge is 2.12. The van der Waals surface area contributed by atoms with E-state index in [0.29, 0.717) is 0 Å². The Morgan fingerprint density at radius 3 is 2.62 bits per heavy atom. The molecule has 1 aromatic carbocycles. The van der Waals surface area contributed by atoms with E-state index in [1.807, 2.05) is 0 Å². The van der Waals surface area contributed by atoms with Crippen molar-refractivity contribution in [3.63, 3.8) is 0 Å². The summed E-state index contributed by atoms with van der Waals surface area (Å²) in [6.07, 6.45) is 0.813. The highest BCUT2D eigenvalue weighted by atomic mass is 19.2. The fourth-order valence-electron chi connectivity index (χ4n) is 1.05. The number of ether oxygens (including phenoxy) is 1. The first-order valence-electron chi connectivity index (χ1n) is 4.26. The Kier molecular flexibility index (Phi) is 2.72. The molecule has 1 aromatic heterocycles. The summed E-state index contributed by atoms with van der Waals surface area (Å²) in [5, 5.41) is 0. The molecule has 6 heteroatoms. The quantitative estimate of drug-likeness (QED) is 0.738. The van der Waals surface area contributed by atoms with Gasteiger partial charge in [-0.15, -0.1) is 0 Å². The van der Waals surface area contributed by atoms with Crippen LogP contribution in [0.2, 0.25) is 0 Å². The zero-order valence-electron chi connectivity index (χ0n) is 7.82. The van der Waals surface area contributed by atoms with Gasteiger partial charge in [0.25, 0.3) is 11.8 Å². The second-order valence-corrected chi connectivity index (χ2v) is 2.84. The van der Waals surface area contributed by atoms with Crippen molar-refractivity contribution >= 4 is 0 Å². The van der Waals surface area contributed by atoms with Crippen molar-refractivity contribution in [2.24, 2.45) is 0 Å². The number of halogens is 3. The molecule has 0 spiro atoms. The van der Waals surface area contributed by atoms with Gasteiger partial charge in [-0.3, -0.25) is 0 Å². The van der Waals surface area contributed by atoms with Gasteiger partial charge in [-0.25, -0.2) is 9.37 Å². The second kappa shape index (κ2) is 4.18. The van der Waals surface area contributed by atoms with E-state index in [9.17, 15) is 13.2 Å². The highest BCUT2D eigenvalue weighted by molar-refractivity contribution is 5.27. The van der Waals surface area contributed by atoms with Crippen LogP contribution < -0.4 is 4.74 Å². The maximum absolute atomic E-state index is 13.1. The molecule has 0 amide bonds. The topological polar surface area (TPSA) is 35.0 Å². The molecule has 1 heterocycles. The zero-order chi connectivity index (χ0) is 11.5. The molecule has 16 heavy (non-hydrogen) atoms. The van der Waals surface area contributed by atoms with Crippen LogP contribution >= 0.6 is 0 Å². The Morgan fingerprint density at radius 2 is 1.88 bits per heavy atom. The van der Waals surface area contributed by atoms with Gasteiger partial charge in [-0.2, -0.15) is 13.8 Å². The normalized spacial score (nSPS) is 10.2. The van der Waals surface area contributed by atoms with Crippen LogP contribution in [0.4, 0.5) is 13.2 Å². The molecule has 0 saturated carbocycles. The van der Waals surface area contributed by atoms with Gasteiger partial charge < -0.3 is 4.74 Å². The van der Waals surface area contributed by atoms with Crippen molar-refractivity contribution in [1.29, 1.82) is 0 Å². The van der Waals surface area contributed by atoms with Crippen molar-refractivity contribution in [2.75, 3.05) is 0 Å². The van der Waals surface area contributed by atoms with Crippen LogP contribution in [-0.4, -0.2) is 9.97 Å². The predicted octanol–water partition coefficient (Wildman–Crippen LogP) is 2.69. The predicted molar refractivity (Wildman–Crippen MR) is 48.4 cm³/mol. The van der Waals surface area contributed by atoms with Crippen LogP contribution in [-0.2, 0) is 0 Å². The Morgan fingerprint density at radius 1 is 1.06 bits per heavy atom. The van der Waals surface area contributed by atoms with E-state index in [1.54, 1.807) is 0 Å². The molecule has 0 N–H and O–H groups in total. The Bertz CT molecular complexity index is 519. The molecule has 0 aliphatic rings. The van der Waals surface area contributed by atoms with E-state index in [1.165, 1.54) is 18.2 Å². The molecule has 0 radical (unpaired) electrons.